The van der Waals surface area contributed by atoms with Gasteiger partial charge in [-0.05, 0) is 44.2 Å². The zero-order valence-electron chi connectivity index (χ0n) is 13.9. The molecule has 1 aliphatic carbocycles. The molecule has 6 nitrogen and oxygen atoms in total. The lowest BCUT2D eigenvalue weighted by atomic mass is 10.1. The average Bonchev–Trinajstić information content (AvgIpc) is 3.11. The first-order valence-corrected chi connectivity index (χ1v) is 8.68. The average molecular weight is 327 g/mol. The Morgan fingerprint density at radius 1 is 1.17 bits per heavy atom. The highest BCUT2D eigenvalue weighted by molar-refractivity contribution is 5.53. The Balaban J connectivity index is 1.81. The van der Waals surface area contributed by atoms with Gasteiger partial charge in [0, 0.05) is 0 Å². The molecule has 0 bridgehead atoms. The lowest BCUT2D eigenvalue weighted by Gasteiger charge is -2.32. The van der Waals surface area contributed by atoms with Crippen molar-refractivity contribution in [3.63, 3.8) is 0 Å². The van der Waals surface area contributed by atoms with Gasteiger partial charge in [0.15, 0.2) is 6.67 Å². The van der Waals surface area contributed by atoms with Crippen LogP contribution in [-0.2, 0) is 6.54 Å². The Labute approximate surface area is 140 Å². The number of quaternary nitrogens is 1. The molecule has 0 radical (unpaired) electrons. The predicted octanol–water partition coefficient (Wildman–Crippen LogP) is 0.545. The molecule has 4 rings (SSSR count). The third-order valence-electron chi connectivity index (χ3n) is 5.38. The normalized spacial score (nSPS) is 20.6. The first-order valence-electron chi connectivity index (χ1n) is 8.68. The number of nitrogens with one attached hydrogen (secondary N) is 3. The van der Waals surface area contributed by atoms with Crippen molar-refractivity contribution < 1.29 is 4.90 Å². The third-order valence-corrected chi connectivity index (χ3v) is 5.38. The van der Waals surface area contributed by atoms with Crippen LogP contribution in [0.5, 0.6) is 0 Å². The van der Waals surface area contributed by atoms with Gasteiger partial charge < -0.3 is 10.2 Å². The number of anilines is 1. The number of rotatable bonds is 2. The fourth-order valence-corrected chi connectivity index (χ4v) is 4.08. The van der Waals surface area contributed by atoms with Gasteiger partial charge >= 0.3 is 5.69 Å². The molecular weight excluding hydrogens is 304 g/mol. The van der Waals surface area contributed by atoms with Crippen LogP contribution in [0.15, 0.2) is 33.9 Å². The third kappa shape index (κ3) is 2.47. The zero-order valence-corrected chi connectivity index (χ0v) is 13.9. The van der Waals surface area contributed by atoms with Gasteiger partial charge in [-0.1, -0.05) is 18.2 Å². The van der Waals surface area contributed by atoms with Crippen LogP contribution in [0.25, 0.3) is 5.69 Å². The number of aryl methyl sites for hydroxylation is 1. The van der Waals surface area contributed by atoms with Crippen molar-refractivity contribution in [2.45, 2.75) is 45.2 Å². The van der Waals surface area contributed by atoms with Crippen molar-refractivity contribution in [1.82, 2.24) is 9.55 Å². The number of hydrogen-bond acceptors (Lipinski definition) is 3. The van der Waals surface area contributed by atoms with Gasteiger partial charge in [-0.15, -0.1) is 0 Å². The summed E-state index contributed by atoms with van der Waals surface area (Å²) in [6.07, 6.45) is 5.00. The molecule has 6 heteroatoms. The Hall–Kier alpha value is -2.34. The molecule has 0 amide bonds. The van der Waals surface area contributed by atoms with E-state index in [1.807, 2.05) is 31.2 Å². The lowest BCUT2D eigenvalue weighted by molar-refractivity contribution is -0.936. The second-order valence-corrected chi connectivity index (χ2v) is 6.88. The largest absolute Gasteiger partial charge is 0.334 e. The van der Waals surface area contributed by atoms with Crippen molar-refractivity contribution in [3.05, 3.63) is 56.2 Å². The van der Waals surface area contributed by atoms with Gasteiger partial charge in [-0.25, -0.2) is 9.36 Å². The number of aromatic amines is 1. The molecule has 1 aromatic heterocycles. The molecule has 1 unspecified atom stereocenters. The van der Waals surface area contributed by atoms with Crippen LogP contribution in [0.1, 0.15) is 36.8 Å². The molecule has 2 heterocycles. The van der Waals surface area contributed by atoms with Crippen LogP contribution in [0, 0.1) is 6.92 Å². The van der Waals surface area contributed by atoms with Crippen LogP contribution in [-0.4, -0.2) is 22.3 Å². The minimum absolute atomic E-state index is 0.262. The second kappa shape index (κ2) is 5.94. The zero-order chi connectivity index (χ0) is 16.7. The first-order chi connectivity index (χ1) is 11.6. The number of aromatic nitrogens is 2. The van der Waals surface area contributed by atoms with E-state index < -0.39 is 0 Å². The maximum absolute atomic E-state index is 12.5. The van der Waals surface area contributed by atoms with Gasteiger partial charge in [0.1, 0.15) is 17.9 Å². The summed E-state index contributed by atoms with van der Waals surface area (Å²) in [5, 5.41) is 3.37. The molecule has 1 fully saturated rings. The molecule has 2 aliphatic rings. The lowest BCUT2D eigenvalue weighted by Crippen LogP contribution is -3.16. The summed E-state index contributed by atoms with van der Waals surface area (Å²) in [6, 6.07) is 8.35. The number of para-hydroxylation sites is 1. The highest BCUT2D eigenvalue weighted by Gasteiger charge is 2.32. The van der Waals surface area contributed by atoms with E-state index in [0.29, 0.717) is 24.0 Å². The van der Waals surface area contributed by atoms with Crippen LogP contribution < -0.4 is 21.5 Å². The van der Waals surface area contributed by atoms with E-state index in [1.54, 1.807) is 4.57 Å². The highest BCUT2D eigenvalue weighted by atomic mass is 16.2. The van der Waals surface area contributed by atoms with Gasteiger partial charge in [0.05, 0.1) is 11.7 Å². The fraction of sp³-hybridized carbons (Fsp3) is 0.444. The highest BCUT2D eigenvalue weighted by Crippen LogP contribution is 2.21. The second-order valence-electron chi connectivity index (χ2n) is 6.88. The Bertz CT molecular complexity index is 877. The molecular formula is C18H23N4O2+. The Morgan fingerprint density at radius 2 is 1.92 bits per heavy atom. The minimum atomic E-state index is -0.384. The van der Waals surface area contributed by atoms with Gasteiger partial charge in [0.25, 0.3) is 5.56 Å². The SMILES string of the molecule is Cc1ccccc1-n1c2c(c(=O)[nH]c1=O)C[NH+](C1CCCC1)CN2. The molecule has 1 aromatic carbocycles. The van der Waals surface area contributed by atoms with E-state index in [-0.39, 0.29) is 11.2 Å². The van der Waals surface area contributed by atoms with E-state index in [1.165, 1.54) is 30.6 Å². The first kappa shape index (κ1) is 15.2. The van der Waals surface area contributed by atoms with Crippen LogP contribution in [0.3, 0.4) is 0 Å². The van der Waals surface area contributed by atoms with Crippen molar-refractivity contribution in [3.8, 4) is 5.69 Å². The summed E-state index contributed by atoms with van der Waals surface area (Å²) in [5.41, 5.74) is 1.85. The molecule has 1 saturated carbocycles. The number of nitrogens with zero attached hydrogens (tertiary/aromatic N) is 1. The standard InChI is InChI=1S/C18H22N4O2/c1-12-6-2-5-9-15(12)22-16-14(17(23)20-18(22)24)10-21(11-19-16)13-7-3-4-8-13/h2,5-6,9,13,19H,3-4,7-8,10-11H2,1H3,(H,20,23,24)/p+1. The molecule has 24 heavy (non-hydrogen) atoms. The van der Waals surface area contributed by atoms with Gasteiger partial charge in [-0.2, -0.15) is 0 Å². The van der Waals surface area contributed by atoms with Crippen molar-refractivity contribution in [2.75, 3.05) is 12.0 Å². The minimum Gasteiger partial charge on any atom is -0.324 e. The van der Waals surface area contributed by atoms with Crippen molar-refractivity contribution in [2.24, 2.45) is 0 Å². The number of H-pyrrole nitrogens is 1. The smallest absolute Gasteiger partial charge is 0.324 e. The maximum Gasteiger partial charge on any atom is 0.334 e. The summed E-state index contributed by atoms with van der Waals surface area (Å²) >= 11 is 0. The van der Waals surface area contributed by atoms with Gasteiger partial charge in [-0.3, -0.25) is 9.78 Å². The topological polar surface area (TPSA) is 71.3 Å². The fourth-order valence-electron chi connectivity index (χ4n) is 4.08. The quantitative estimate of drug-likeness (QED) is 0.754. The van der Waals surface area contributed by atoms with Crippen LogP contribution >= 0.6 is 0 Å². The molecule has 1 atom stereocenters. The Morgan fingerprint density at radius 3 is 2.67 bits per heavy atom. The summed E-state index contributed by atoms with van der Waals surface area (Å²) in [7, 11) is 0. The van der Waals surface area contributed by atoms with Gasteiger partial charge in [0.2, 0.25) is 0 Å². The van der Waals surface area contributed by atoms with E-state index in [9.17, 15) is 9.59 Å². The van der Waals surface area contributed by atoms with E-state index in [0.717, 1.165) is 17.9 Å². The van der Waals surface area contributed by atoms with Crippen molar-refractivity contribution >= 4 is 5.82 Å². The molecule has 1 aliphatic heterocycles. The molecule has 0 spiro atoms. The maximum atomic E-state index is 12.5. The summed E-state index contributed by atoms with van der Waals surface area (Å²) in [4.78, 5) is 28.8. The van der Waals surface area contributed by atoms with Crippen molar-refractivity contribution in [1.29, 1.82) is 0 Å². The molecule has 2 aromatic rings. The molecule has 0 saturated heterocycles. The summed E-state index contributed by atoms with van der Waals surface area (Å²) < 4.78 is 1.61. The number of benzene rings is 1. The van der Waals surface area contributed by atoms with E-state index in [4.69, 9.17) is 0 Å². The number of hydrogen-bond donors (Lipinski definition) is 3. The summed E-state index contributed by atoms with van der Waals surface area (Å²) in [5.74, 6) is 0.653. The summed E-state index contributed by atoms with van der Waals surface area (Å²) in [6.45, 7) is 3.40. The molecule has 126 valence electrons. The monoisotopic (exact) mass is 327 g/mol. The van der Waals surface area contributed by atoms with E-state index >= 15 is 0 Å². The van der Waals surface area contributed by atoms with Crippen LogP contribution in [0.4, 0.5) is 5.82 Å². The van der Waals surface area contributed by atoms with E-state index in [2.05, 4.69) is 10.3 Å². The number of fused-ring (bicyclic) bond motifs is 1. The predicted molar refractivity (Wildman–Crippen MR) is 92.8 cm³/mol. The molecule has 3 N–H and O–H groups in total. The van der Waals surface area contributed by atoms with Crippen LogP contribution in [0.2, 0.25) is 0 Å². The Kier molecular flexibility index (Phi) is 3.76.